The Hall–Kier alpha value is -2.40. The van der Waals surface area contributed by atoms with Crippen LogP contribution in [0.4, 0.5) is 0 Å². The normalized spacial score (nSPS) is 18.6. The largest absolute Gasteiger partial charge is 0.345 e. The van der Waals surface area contributed by atoms with Crippen molar-refractivity contribution in [2.45, 2.75) is 12.5 Å². The van der Waals surface area contributed by atoms with Gasteiger partial charge in [0, 0.05) is 17.7 Å². The molecule has 1 heterocycles. The highest BCUT2D eigenvalue weighted by atomic mass is 32.2. The molecule has 1 aliphatic heterocycles. The third-order valence-corrected chi connectivity index (χ3v) is 5.49. The molecular weight excluding hydrogens is 322 g/mol. The number of allylic oxidation sites excluding steroid dienone is 1. The second-order valence-electron chi connectivity index (χ2n) is 5.94. The van der Waals surface area contributed by atoms with E-state index in [0.29, 0.717) is 0 Å². The van der Waals surface area contributed by atoms with Gasteiger partial charge in [-0.3, -0.25) is 4.79 Å². The first-order valence-corrected chi connectivity index (χ1v) is 9.55. The Labute approximate surface area is 142 Å². The van der Waals surface area contributed by atoms with Gasteiger partial charge in [0.2, 0.25) is 5.91 Å². The van der Waals surface area contributed by atoms with Crippen molar-refractivity contribution < 1.29 is 13.2 Å². The maximum Gasteiger partial charge on any atom is 0.221 e. The van der Waals surface area contributed by atoms with Crippen LogP contribution in [0.2, 0.25) is 0 Å². The van der Waals surface area contributed by atoms with Crippen LogP contribution in [0, 0.1) is 5.92 Å². The highest BCUT2D eigenvalue weighted by molar-refractivity contribution is 7.94. The average molecular weight is 341 g/mol. The topological polar surface area (TPSA) is 63.2 Å². The molecule has 2 aromatic carbocycles. The molecular formula is C19H19NO3S. The number of amides is 1. The SMILES string of the molecule is O=C(C[C@H]1C=CS(=O)(=O)C1)NC(c1ccccc1)c1ccccc1. The molecule has 4 nitrogen and oxygen atoms in total. The summed E-state index contributed by atoms with van der Waals surface area (Å²) in [6, 6.07) is 19.2. The van der Waals surface area contributed by atoms with E-state index in [1.54, 1.807) is 6.08 Å². The molecule has 0 saturated heterocycles. The molecule has 0 aromatic heterocycles. The van der Waals surface area contributed by atoms with E-state index in [-0.39, 0.29) is 30.0 Å². The van der Waals surface area contributed by atoms with Crippen LogP contribution in [0.1, 0.15) is 23.6 Å². The first-order chi connectivity index (χ1) is 11.5. The van der Waals surface area contributed by atoms with Gasteiger partial charge in [-0.2, -0.15) is 0 Å². The highest BCUT2D eigenvalue weighted by Crippen LogP contribution is 2.23. The van der Waals surface area contributed by atoms with Gasteiger partial charge in [-0.15, -0.1) is 0 Å². The predicted octanol–water partition coefficient (Wildman–Crippen LogP) is 2.84. The van der Waals surface area contributed by atoms with Crippen molar-refractivity contribution in [3.05, 3.63) is 83.3 Å². The van der Waals surface area contributed by atoms with Crippen LogP contribution in [-0.2, 0) is 14.6 Å². The van der Waals surface area contributed by atoms with E-state index < -0.39 is 9.84 Å². The molecule has 1 aliphatic rings. The van der Waals surface area contributed by atoms with Crippen molar-refractivity contribution in [2.75, 3.05) is 5.75 Å². The molecule has 2 aromatic rings. The molecule has 0 bridgehead atoms. The molecule has 0 fully saturated rings. The minimum atomic E-state index is -3.13. The van der Waals surface area contributed by atoms with Gasteiger partial charge in [0.25, 0.3) is 0 Å². The summed E-state index contributed by atoms with van der Waals surface area (Å²) in [7, 11) is -3.13. The molecule has 1 atom stereocenters. The molecule has 0 aliphatic carbocycles. The van der Waals surface area contributed by atoms with E-state index in [1.165, 1.54) is 5.41 Å². The van der Waals surface area contributed by atoms with Crippen LogP contribution in [0.15, 0.2) is 72.1 Å². The summed E-state index contributed by atoms with van der Waals surface area (Å²) < 4.78 is 22.9. The summed E-state index contributed by atoms with van der Waals surface area (Å²) >= 11 is 0. The predicted molar refractivity (Wildman–Crippen MR) is 93.9 cm³/mol. The van der Waals surface area contributed by atoms with Crippen LogP contribution >= 0.6 is 0 Å². The standard InChI is InChI=1S/C19H19NO3S/c21-18(13-15-11-12-24(22,23)14-15)20-19(16-7-3-1-4-8-16)17-9-5-2-6-10-17/h1-12,15,19H,13-14H2,(H,20,21)/t15-/m1/s1. The lowest BCUT2D eigenvalue weighted by molar-refractivity contribution is -0.122. The van der Waals surface area contributed by atoms with Crippen molar-refractivity contribution in [3.8, 4) is 0 Å². The lowest BCUT2D eigenvalue weighted by Crippen LogP contribution is -2.31. The summed E-state index contributed by atoms with van der Waals surface area (Å²) in [5.74, 6) is -0.386. The molecule has 1 amide bonds. The molecule has 0 radical (unpaired) electrons. The minimum absolute atomic E-state index is 0.0156. The van der Waals surface area contributed by atoms with Gasteiger partial charge < -0.3 is 5.32 Å². The third-order valence-electron chi connectivity index (χ3n) is 4.02. The Morgan fingerprint density at radius 2 is 1.54 bits per heavy atom. The van der Waals surface area contributed by atoms with Crippen LogP contribution in [0.3, 0.4) is 0 Å². The molecule has 1 N–H and O–H groups in total. The zero-order chi connectivity index (χ0) is 17.0. The number of carbonyl (C=O) groups excluding carboxylic acids is 1. The Balaban J connectivity index is 1.75. The third kappa shape index (κ3) is 4.11. The van der Waals surface area contributed by atoms with Crippen molar-refractivity contribution in [2.24, 2.45) is 5.92 Å². The smallest absolute Gasteiger partial charge is 0.221 e. The highest BCUT2D eigenvalue weighted by Gasteiger charge is 2.25. The van der Waals surface area contributed by atoms with E-state index in [0.717, 1.165) is 11.1 Å². The Morgan fingerprint density at radius 3 is 2.00 bits per heavy atom. The number of sulfone groups is 1. The molecule has 124 valence electrons. The van der Waals surface area contributed by atoms with E-state index in [9.17, 15) is 13.2 Å². The van der Waals surface area contributed by atoms with Gasteiger partial charge in [0.15, 0.2) is 9.84 Å². The molecule has 3 rings (SSSR count). The molecule has 24 heavy (non-hydrogen) atoms. The number of hydrogen-bond acceptors (Lipinski definition) is 3. The second-order valence-corrected chi connectivity index (χ2v) is 7.88. The first kappa shape index (κ1) is 16.5. The minimum Gasteiger partial charge on any atom is -0.345 e. The average Bonchev–Trinajstić information content (AvgIpc) is 2.93. The van der Waals surface area contributed by atoms with Crippen LogP contribution in [0.25, 0.3) is 0 Å². The lowest BCUT2D eigenvalue weighted by Gasteiger charge is -2.20. The van der Waals surface area contributed by atoms with E-state index in [1.807, 2.05) is 60.7 Å². The summed E-state index contributed by atoms with van der Waals surface area (Å²) in [5.41, 5.74) is 1.98. The fraction of sp³-hybridized carbons (Fsp3) is 0.211. The summed E-state index contributed by atoms with van der Waals surface area (Å²) in [6.07, 6.45) is 1.78. The van der Waals surface area contributed by atoms with Crippen LogP contribution in [-0.4, -0.2) is 20.1 Å². The van der Waals surface area contributed by atoms with E-state index >= 15 is 0 Å². The zero-order valence-electron chi connectivity index (χ0n) is 13.1. The van der Waals surface area contributed by atoms with E-state index in [2.05, 4.69) is 5.32 Å². The summed E-state index contributed by atoms with van der Waals surface area (Å²) in [4.78, 5) is 12.4. The fourth-order valence-electron chi connectivity index (χ4n) is 2.88. The Kier molecular flexibility index (Phi) is 4.81. The fourth-order valence-corrected chi connectivity index (χ4v) is 4.27. The number of nitrogens with one attached hydrogen (secondary N) is 1. The van der Waals surface area contributed by atoms with Crippen molar-refractivity contribution >= 4 is 15.7 Å². The van der Waals surface area contributed by atoms with Gasteiger partial charge in [0.05, 0.1) is 11.8 Å². The lowest BCUT2D eigenvalue weighted by atomic mass is 9.98. The first-order valence-electron chi connectivity index (χ1n) is 7.84. The molecule has 5 heteroatoms. The Bertz CT molecular complexity index is 790. The van der Waals surface area contributed by atoms with Crippen molar-refractivity contribution in [3.63, 3.8) is 0 Å². The van der Waals surface area contributed by atoms with Gasteiger partial charge in [0.1, 0.15) is 0 Å². The zero-order valence-corrected chi connectivity index (χ0v) is 13.9. The van der Waals surface area contributed by atoms with Crippen molar-refractivity contribution in [1.29, 1.82) is 0 Å². The number of hydrogen-bond donors (Lipinski definition) is 1. The second kappa shape index (κ2) is 7.01. The van der Waals surface area contributed by atoms with Crippen LogP contribution in [0.5, 0.6) is 0 Å². The Morgan fingerprint density at radius 1 is 1.00 bits per heavy atom. The number of carbonyl (C=O) groups is 1. The van der Waals surface area contributed by atoms with Crippen LogP contribution < -0.4 is 5.32 Å². The monoisotopic (exact) mass is 341 g/mol. The van der Waals surface area contributed by atoms with E-state index in [4.69, 9.17) is 0 Å². The molecule has 0 unspecified atom stereocenters. The van der Waals surface area contributed by atoms with Gasteiger partial charge in [-0.25, -0.2) is 8.42 Å². The molecule has 0 saturated carbocycles. The van der Waals surface area contributed by atoms with Gasteiger partial charge >= 0.3 is 0 Å². The maximum absolute atomic E-state index is 12.4. The molecule has 0 spiro atoms. The van der Waals surface area contributed by atoms with Gasteiger partial charge in [-0.05, 0) is 11.1 Å². The summed E-state index contributed by atoms with van der Waals surface area (Å²) in [5, 5.41) is 4.24. The maximum atomic E-state index is 12.4. The summed E-state index contributed by atoms with van der Waals surface area (Å²) in [6.45, 7) is 0. The van der Waals surface area contributed by atoms with Crippen molar-refractivity contribution in [1.82, 2.24) is 5.32 Å². The number of benzene rings is 2. The van der Waals surface area contributed by atoms with Gasteiger partial charge in [-0.1, -0.05) is 66.7 Å². The quantitative estimate of drug-likeness (QED) is 0.909. The number of rotatable bonds is 5.